The lowest BCUT2D eigenvalue weighted by atomic mass is 10.2. The number of anilines is 1. The van der Waals surface area contributed by atoms with Crippen molar-refractivity contribution < 1.29 is 18.0 Å². The van der Waals surface area contributed by atoms with Gasteiger partial charge in [-0.3, -0.25) is 10.1 Å². The lowest BCUT2D eigenvalue weighted by Gasteiger charge is -1.99. The van der Waals surface area contributed by atoms with E-state index in [2.05, 4.69) is 15.5 Å². The number of hydrogen-bond acceptors (Lipinski definition) is 5. The first kappa shape index (κ1) is 14.3. The zero-order valence-corrected chi connectivity index (χ0v) is 11.9. The number of halogens is 2. The molecule has 0 spiro atoms. The van der Waals surface area contributed by atoms with Crippen LogP contribution < -0.4 is 5.32 Å². The van der Waals surface area contributed by atoms with E-state index in [9.17, 15) is 13.6 Å². The van der Waals surface area contributed by atoms with Crippen LogP contribution >= 0.6 is 11.3 Å². The molecule has 0 unspecified atom stereocenters. The van der Waals surface area contributed by atoms with E-state index in [1.807, 2.05) is 17.5 Å². The van der Waals surface area contributed by atoms with E-state index in [1.165, 1.54) is 17.4 Å². The summed E-state index contributed by atoms with van der Waals surface area (Å²) in [6.45, 7) is 0. The molecule has 2 heterocycles. The van der Waals surface area contributed by atoms with E-state index in [0.717, 1.165) is 10.9 Å². The average molecular weight is 321 g/mol. The van der Waals surface area contributed by atoms with Crippen LogP contribution in [0.4, 0.5) is 14.8 Å². The van der Waals surface area contributed by atoms with E-state index in [1.54, 1.807) is 0 Å². The standard InChI is InChI=1S/C14H9F2N3O2S/c15-8-3-4-10(11(16)6-8)13-18-19-14(21-13)17-12(20)7-9-2-1-5-22-9/h1-6H,7H2,(H,17,19,20). The monoisotopic (exact) mass is 321 g/mol. The molecule has 0 aliphatic heterocycles. The van der Waals surface area contributed by atoms with Crippen LogP contribution in [-0.4, -0.2) is 16.1 Å². The molecule has 0 atom stereocenters. The van der Waals surface area contributed by atoms with Crippen molar-refractivity contribution in [2.75, 3.05) is 5.32 Å². The van der Waals surface area contributed by atoms with Gasteiger partial charge in [-0.15, -0.1) is 16.4 Å². The van der Waals surface area contributed by atoms with E-state index in [4.69, 9.17) is 4.42 Å². The molecule has 1 aromatic carbocycles. The molecule has 0 aliphatic carbocycles. The normalized spacial score (nSPS) is 10.6. The lowest BCUT2D eigenvalue weighted by Crippen LogP contribution is -2.13. The molecule has 3 aromatic rings. The average Bonchev–Trinajstić information content (AvgIpc) is 3.10. The summed E-state index contributed by atoms with van der Waals surface area (Å²) in [7, 11) is 0. The molecule has 112 valence electrons. The number of carbonyl (C=O) groups is 1. The van der Waals surface area contributed by atoms with Crippen LogP contribution in [0, 0.1) is 11.6 Å². The topological polar surface area (TPSA) is 68.0 Å². The molecule has 0 aliphatic rings. The van der Waals surface area contributed by atoms with Gasteiger partial charge in [0, 0.05) is 10.9 Å². The number of rotatable bonds is 4. The number of amides is 1. The van der Waals surface area contributed by atoms with Crippen molar-refractivity contribution in [3.8, 4) is 11.5 Å². The van der Waals surface area contributed by atoms with Crippen LogP contribution in [0.25, 0.3) is 11.5 Å². The molecule has 3 rings (SSSR count). The number of aromatic nitrogens is 2. The summed E-state index contributed by atoms with van der Waals surface area (Å²) in [5, 5.41) is 11.6. The van der Waals surface area contributed by atoms with Gasteiger partial charge in [0.2, 0.25) is 5.91 Å². The highest BCUT2D eigenvalue weighted by Crippen LogP contribution is 2.23. The second-order valence-electron chi connectivity index (χ2n) is 4.34. The van der Waals surface area contributed by atoms with E-state index >= 15 is 0 Å². The second kappa shape index (κ2) is 6.02. The van der Waals surface area contributed by atoms with Crippen molar-refractivity contribution >= 4 is 23.3 Å². The zero-order chi connectivity index (χ0) is 15.5. The van der Waals surface area contributed by atoms with Crippen molar-refractivity contribution in [1.29, 1.82) is 0 Å². The summed E-state index contributed by atoms with van der Waals surface area (Å²) >= 11 is 1.45. The minimum atomic E-state index is -0.819. The van der Waals surface area contributed by atoms with Gasteiger partial charge >= 0.3 is 6.01 Å². The van der Waals surface area contributed by atoms with Gasteiger partial charge in [-0.1, -0.05) is 11.2 Å². The Morgan fingerprint density at radius 1 is 1.27 bits per heavy atom. The number of benzene rings is 1. The number of hydrogen-bond donors (Lipinski definition) is 1. The second-order valence-corrected chi connectivity index (χ2v) is 5.37. The Hall–Kier alpha value is -2.61. The van der Waals surface area contributed by atoms with Crippen LogP contribution in [0.1, 0.15) is 4.88 Å². The van der Waals surface area contributed by atoms with Crippen molar-refractivity contribution in [1.82, 2.24) is 10.2 Å². The lowest BCUT2D eigenvalue weighted by molar-refractivity contribution is -0.115. The third-order valence-corrected chi connectivity index (χ3v) is 3.62. The summed E-state index contributed by atoms with van der Waals surface area (Å²) in [6, 6.07) is 6.52. The van der Waals surface area contributed by atoms with Gasteiger partial charge in [0.15, 0.2) is 0 Å². The fourth-order valence-electron chi connectivity index (χ4n) is 1.78. The number of nitrogens with zero attached hydrogens (tertiary/aromatic N) is 2. The molecule has 0 saturated heterocycles. The molecule has 0 radical (unpaired) electrons. The van der Waals surface area contributed by atoms with Gasteiger partial charge in [0.1, 0.15) is 11.6 Å². The molecule has 22 heavy (non-hydrogen) atoms. The van der Waals surface area contributed by atoms with Gasteiger partial charge in [0.05, 0.1) is 12.0 Å². The van der Waals surface area contributed by atoms with Crippen LogP contribution in [0.3, 0.4) is 0 Å². The zero-order valence-electron chi connectivity index (χ0n) is 11.0. The maximum Gasteiger partial charge on any atom is 0.322 e. The highest BCUT2D eigenvalue weighted by molar-refractivity contribution is 7.10. The SMILES string of the molecule is O=C(Cc1cccs1)Nc1nnc(-c2ccc(F)cc2F)o1. The van der Waals surface area contributed by atoms with Crippen LogP contribution in [0.5, 0.6) is 0 Å². The summed E-state index contributed by atoms with van der Waals surface area (Å²) in [6.07, 6.45) is 0.181. The largest absolute Gasteiger partial charge is 0.403 e. The van der Waals surface area contributed by atoms with Crippen molar-refractivity contribution in [2.45, 2.75) is 6.42 Å². The number of nitrogens with one attached hydrogen (secondary N) is 1. The first-order valence-corrected chi connectivity index (χ1v) is 7.11. The molecule has 2 aromatic heterocycles. The smallest absolute Gasteiger partial charge is 0.322 e. The summed E-state index contributed by atoms with van der Waals surface area (Å²) in [4.78, 5) is 12.7. The highest BCUT2D eigenvalue weighted by Gasteiger charge is 2.15. The Morgan fingerprint density at radius 3 is 2.86 bits per heavy atom. The molecule has 0 bridgehead atoms. The first-order chi connectivity index (χ1) is 10.6. The van der Waals surface area contributed by atoms with Crippen molar-refractivity contribution in [3.05, 3.63) is 52.2 Å². The van der Waals surface area contributed by atoms with E-state index in [-0.39, 0.29) is 29.8 Å². The maximum atomic E-state index is 13.6. The summed E-state index contributed by atoms with van der Waals surface area (Å²) in [5.74, 6) is -1.98. The molecule has 1 amide bonds. The Balaban J connectivity index is 1.72. The number of carbonyl (C=O) groups excluding carboxylic acids is 1. The van der Waals surface area contributed by atoms with Gasteiger partial charge < -0.3 is 4.42 Å². The predicted molar refractivity (Wildman–Crippen MR) is 76.3 cm³/mol. The molecule has 5 nitrogen and oxygen atoms in total. The Bertz CT molecular complexity index is 802. The molecule has 1 N–H and O–H groups in total. The van der Waals surface area contributed by atoms with Crippen LogP contribution in [-0.2, 0) is 11.2 Å². The van der Waals surface area contributed by atoms with Crippen LogP contribution in [0.15, 0.2) is 40.1 Å². The molecule has 0 fully saturated rings. The van der Waals surface area contributed by atoms with Gasteiger partial charge in [-0.25, -0.2) is 8.78 Å². The first-order valence-electron chi connectivity index (χ1n) is 6.23. The number of thiophene rings is 1. The molecular formula is C14H9F2N3O2S. The van der Waals surface area contributed by atoms with E-state index < -0.39 is 11.6 Å². The minimum absolute atomic E-state index is 0.0346. The van der Waals surface area contributed by atoms with E-state index in [0.29, 0.717) is 6.07 Å². The van der Waals surface area contributed by atoms with Gasteiger partial charge in [-0.05, 0) is 23.6 Å². The summed E-state index contributed by atoms with van der Waals surface area (Å²) in [5.41, 5.74) is -0.0346. The minimum Gasteiger partial charge on any atom is -0.403 e. The Kier molecular flexibility index (Phi) is 3.92. The fourth-order valence-corrected chi connectivity index (χ4v) is 2.48. The third kappa shape index (κ3) is 3.17. The Labute approximate surface area is 127 Å². The molecular weight excluding hydrogens is 312 g/mol. The predicted octanol–water partition coefficient (Wildman–Crippen LogP) is 3.26. The van der Waals surface area contributed by atoms with Crippen LogP contribution in [0.2, 0.25) is 0 Å². The van der Waals surface area contributed by atoms with Crippen molar-refractivity contribution in [2.24, 2.45) is 0 Å². The fraction of sp³-hybridized carbons (Fsp3) is 0.0714. The highest BCUT2D eigenvalue weighted by atomic mass is 32.1. The maximum absolute atomic E-state index is 13.6. The van der Waals surface area contributed by atoms with Gasteiger partial charge in [0.25, 0.3) is 5.89 Å². The summed E-state index contributed by atoms with van der Waals surface area (Å²) < 4.78 is 31.6. The van der Waals surface area contributed by atoms with Crippen molar-refractivity contribution in [3.63, 3.8) is 0 Å². The third-order valence-electron chi connectivity index (χ3n) is 2.75. The molecule has 8 heteroatoms. The van der Waals surface area contributed by atoms with Gasteiger partial charge in [-0.2, -0.15) is 0 Å². The molecule has 0 saturated carbocycles. The quantitative estimate of drug-likeness (QED) is 0.801. The Morgan fingerprint density at radius 2 is 2.14 bits per heavy atom.